The minimum absolute atomic E-state index is 0.215. The lowest BCUT2D eigenvalue weighted by Gasteiger charge is -2.30. The Kier molecular flexibility index (Phi) is 8.68. The molecule has 0 spiro atoms. The van der Waals surface area contributed by atoms with E-state index in [0.29, 0.717) is 46.6 Å². The number of nitrogens with zero attached hydrogens (tertiary/aromatic N) is 3. The first-order valence-electron chi connectivity index (χ1n) is 14.3. The Balaban J connectivity index is 1.22. The van der Waals surface area contributed by atoms with Crippen molar-refractivity contribution in [1.29, 1.82) is 0 Å². The zero-order valence-electron chi connectivity index (χ0n) is 23.5. The van der Waals surface area contributed by atoms with Gasteiger partial charge in [0.2, 0.25) is 0 Å². The van der Waals surface area contributed by atoms with Crippen molar-refractivity contribution in [2.24, 2.45) is 0 Å². The molecule has 42 heavy (non-hydrogen) atoms. The number of nitrogens with one attached hydrogen (secondary N) is 3. The summed E-state index contributed by atoms with van der Waals surface area (Å²) in [4.78, 5) is 20.7. The molecule has 1 amide bonds. The minimum Gasteiger partial charge on any atom is -0.381 e. The fourth-order valence-corrected chi connectivity index (χ4v) is 6.41. The molecule has 0 radical (unpaired) electrons. The summed E-state index contributed by atoms with van der Waals surface area (Å²) in [5.41, 5.74) is 4.02. The van der Waals surface area contributed by atoms with Crippen LogP contribution >= 0.6 is 11.8 Å². The Labute approximate surface area is 247 Å². The zero-order chi connectivity index (χ0) is 29.1. The molecule has 220 valence electrons. The molecule has 2 aliphatic heterocycles. The molecule has 11 heteroatoms. The Bertz CT molecular complexity index is 1570. The molecule has 0 atom stereocenters. The number of H-pyrrole nitrogens is 1. The van der Waals surface area contributed by atoms with E-state index in [4.69, 9.17) is 4.74 Å². The number of benzene rings is 2. The van der Waals surface area contributed by atoms with Gasteiger partial charge in [0.05, 0.1) is 16.1 Å². The SMILES string of the molecule is CN1CCC(c2ccc(C(=O)Nc3n[nH]c4ccc(SCc5cc(F)ccc5F)nc34)c(NC3CCOCC3)c2)CC1. The molecule has 2 aromatic heterocycles. The van der Waals surface area contributed by atoms with Crippen molar-refractivity contribution < 1.29 is 18.3 Å². The summed E-state index contributed by atoms with van der Waals surface area (Å²) in [6, 6.07) is 13.3. The van der Waals surface area contributed by atoms with Crippen LogP contribution in [0.2, 0.25) is 0 Å². The number of carbonyl (C=O) groups excluding carboxylic acids is 1. The van der Waals surface area contributed by atoms with Crippen LogP contribution in [-0.4, -0.2) is 65.4 Å². The van der Waals surface area contributed by atoms with Crippen LogP contribution in [0.4, 0.5) is 20.3 Å². The van der Waals surface area contributed by atoms with Gasteiger partial charge in [-0.25, -0.2) is 13.8 Å². The number of aromatic nitrogens is 3. The number of amides is 1. The van der Waals surface area contributed by atoms with Crippen molar-refractivity contribution in [1.82, 2.24) is 20.1 Å². The standard InChI is InChI=1S/C31H34F2N6O2S/c1-39-12-8-19(9-13-39)20-2-4-24(27(17-20)34-23-10-14-41-15-11-23)31(40)36-30-29-26(37-38-30)6-7-28(35-29)42-18-21-16-22(32)3-5-25(21)33/h2-7,16-17,19,23,34H,8-15,18H2,1H3,(H2,36,37,38,40). The Morgan fingerprint density at radius 2 is 1.88 bits per heavy atom. The van der Waals surface area contributed by atoms with Crippen molar-refractivity contribution in [2.75, 3.05) is 44.0 Å². The van der Waals surface area contributed by atoms with Gasteiger partial charge in [-0.1, -0.05) is 6.07 Å². The van der Waals surface area contributed by atoms with E-state index in [1.807, 2.05) is 12.1 Å². The normalized spacial score (nSPS) is 17.0. The van der Waals surface area contributed by atoms with Gasteiger partial charge in [-0.15, -0.1) is 11.8 Å². The number of carbonyl (C=O) groups is 1. The maximum atomic E-state index is 14.1. The highest BCUT2D eigenvalue weighted by Gasteiger charge is 2.23. The van der Waals surface area contributed by atoms with Gasteiger partial charge in [-0.3, -0.25) is 9.89 Å². The summed E-state index contributed by atoms with van der Waals surface area (Å²) in [6.07, 6.45) is 3.95. The number of pyridine rings is 1. The van der Waals surface area contributed by atoms with Gasteiger partial charge < -0.3 is 20.3 Å². The Hall–Kier alpha value is -3.54. The van der Waals surface area contributed by atoms with E-state index < -0.39 is 11.6 Å². The molecule has 3 N–H and O–H groups in total. The predicted molar refractivity (Wildman–Crippen MR) is 161 cm³/mol. The average Bonchev–Trinajstić information content (AvgIpc) is 3.40. The Morgan fingerprint density at radius 3 is 2.69 bits per heavy atom. The van der Waals surface area contributed by atoms with Crippen LogP contribution in [0.15, 0.2) is 53.6 Å². The van der Waals surface area contributed by atoms with E-state index in [0.717, 1.165) is 56.6 Å². The van der Waals surface area contributed by atoms with Gasteiger partial charge in [0.15, 0.2) is 5.82 Å². The molecule has 2 aliphatic rings. The van der Waals surface area contributed by atoms with Gasteiger partial charge in [0, 0.05) is 36.3 Å². The molecule has 0 unspecified atom stereocenters. The maximum absolute atomic E-state index is 14.1. The highest BCUT2D eigenvalue weighted by molar-refractivity contribution is 7.98. The molecule has 2 saturated heterocycles. The second-order valence-corrected chi connectivity index (χ2v) is 12.0. The summed E-state index contributed by atoms with van der Waals surface area (Å²) in [5, 5.41) is 14.4. The number of ether oxygens (including phenoxy) is 1. The number of hydrogen-bond acceptors (Lipinski definition) is 7. The zero-order valence-corrected chi connectivity index (χ0v) is 24.3. The molecule has 6 rings (SSSR count). The summed E-state index contributed by atoms with van der Waals surface area (Å²) >= 11 is 1.28. The van der Waals surface area contributed by atoms with E-state index in [1.165, 1.54) is 23.4 Å². The molecule has 0 saturated carbocycles. The number of likely N-dealkylation sites (tertiary alicyclic amines) is 1. The topological polar surface area (TPSA) is 95.2 Å². The van der Waals surface area contributed by atoms with Crippen LogP contribution < -0.4 is 10.6 Å². The first-order chi connectivity index (χ1) is 20.4. The number of thioether (sulfide) groups is 1. The highest BCUT2D eigenvalue weighted by Crippen LogP contribution is 2.32. The highest BCUT2D eigenvalue weighted by atomic mass is 32.2. The molecular formula is C31H34F2N6O2S. The number of anilines is 2. The number of aromatic amines is 1. The van der Waals surface area contributed by atoms with Gasteiger partial charge in [-0.05, 0) is 99.8 Å². The lowest BCUT2D eigenvalue weighted by atomic mass is 9.88. The second kappa shape index (κ2) is 12.8. The van der Waals surface area contributed by atoms with Crippen molar-refractivity contribution in [3.05, 3.63) is 76.9 Å². The quantitative estimate of drug-likeness (QED) is 0.210. The average molecular weight is 593 g/mol. The van der Waals surface area contributed by atoms with Crippen LogP contribution in [0.25, 0.3) is 11.0 Å². The first kappa shape index (κ1) is 28.6. The smallest absolute Gasteiger partial charge is 0.259 e. The molecule has 8 nitrogen and oxygen atoms in total. The van der Waals surface area contributed by atoms with Crippen LogP contribution in [-0.2, 0) is 10.5 Å². The predicted octanol–water partition coefficient (Wildman–Crippen LogP) is 6.18. The van der Waals surface area contributed by atoms with E-state index in [-0.39, 0.29) is 23.3 Å². The third-order valence-electron chi connectivity index (χ3n) is 8.06. The summed E-state index contributed by atoms with van der Waals surface area (Å²) in [5.74, 6) is -0.245. The summed E-state index contributed by atoms with van der Waals surface area (Å²) < 4.78 is 33.2. The second-order valence-electron chi connectivity index (χ2n) is 11.0. The van der Waals surface area contributed by atoms with Crippen molar-refractivity contribution in [2.45, 2.75) is 48.4 Å². The Morgan fingerprint density at radius 1 is 1.07 bits per heavy atom. The first-order valence-corrected chi connectivity index (χ1v) is 15.3. The van der Waals surface area contributed by atoms with Gasteiger partial charge in [0.1, 0.15) is 17.2 Å². The van der Waals surface area contributed by atoms with E-state index in [2.05, 4.69) is 49.9 Å². The lowest BCUT2D eigenvalue weighted by Crippen LogP contribution is -2.30. The summed E-state index contributed by atoms with van der Waals surface area (Å²) in [6.45, 7) is 3.52. The third-order valence-corrected chi connectivity index (χ3v) is 9.04. The molecule has 0 aliphatic carbocycles. The number of hydrogen-bond donors (Lipinski definition) is 3. The van der Waals surface area contributed by atoms with Crippen LogP contribution in [0.3, 0.4) is 0 Å². The van der Waals surface area contributed by atoms with E-state index >= 15 is 0 Å². The van der Waals surface area contributed by atoms with Crippen molar-refractivity contribution in [3.63, 3.8) is 0 Å². The number of rotatable bonds is 8. The molecule has 4 aromatic rings. The van der Waals surface area contributed by atoms with E-state index in [1.54, 1.807) is 6.07 Å². The molecule has 2 aromatic carbocycles. The van der Waals surface area contributed by atoms with Crippen LogP contribution in [0.1, 0.15) is 53.1 Å². The molecule has 4 heterocycles. The minimum atomic E-state index is -0.486. The van der Waals surface area contributed by atoms with Gasteiger partial charge >= 0.3 is 0 Å². The molecule has 0 bridgehead atoms. The number of halogens is 2. The monoisotopic (exact) mass is 592 g/mol. The van der Waals surface area contributed by atoms with Crippen molar-refractivity contribution >= 4 is 40.2 Å². The molecular weight excluding hydrogens is 558 g/mol. The number of fused-ring (bicyclic) bond motifs is 1. The fraction of sp³-hybridized carbons (Fsp3) is 0.387. The maximum Gasteiger partial charge on any atom is 0.259 e. The molecule has 2 fully saturated rings. The number of piperidine rings is 1. The van der Waals surface area contributed by atoms with Crippen molar-refractivity contribution in [3.8, 4) is 0 Å². The fourth-order valence-electron chi connectivity index (χ4n) is 5.57. The van der Waals surface area contributed by atoms with Gasteiger partial charge in [0.25, 0.3) is 5.91 Å². The van der Waals surface area contributed by atoms with Gasteiger partial charge in [-0.2, -0.15) is 5.10 Å². The third kappa shape index (κ3) is 6.58. The largest absolute Gasteiger partial charge is 0.381 e. The lowest BCUT2D eigenvalue weighted by molar-refractivity contribution is 0.0904. The van der Waals surface area contributed by atoms with Crippen LogP contribution in [0.5, 0.6) is 0 Å². The summed E-state index contributed by atoms with van der Waals surface area (Å²) in [7, 11) is 2.15. The van der Waals surface area contributed by atoms with E-state index in [9.17, 15) is 13.6 Å². The van der Waals surface area contributed by atoms with Crippen LogP contribution in [0, 0.1) is 11.6 Å².